The Morgan fingerprint density at radius 3 is 2.70 bits per heavy atom. The van der Waals surface area contributed by atoms with Gasteiger partial charge in [0.05, 0.1) is 6.54 Å². The highest BCUT2D eigenvalue weighted by Crippen LogP contribution is 1.99. The van der Waals surface area contributed by atoms with Gasteiger partial charge in [-0.2, -0.15) is 0 Å². The first-order valence-corrected chi connectivity index (χ1v) is 6.99. The van der Waals surface area contributed by atoms with E-state index in [9.17, 15) is 4.79 Å². The van der Waals surface area contributed by atoms with Gasteiger partial charge in [0.15, 0.2) is 5.96 Å². The minimum atomic E-state index is 0.0303. The lowest BCUT2D eigenvalue weighted by atomic mass is 10.2. The number of aliphatic imine (C=N–C) groups is 1. The molecule has 0 aliphatic heterocycles. The van der Waals surface area contributed by atoms with Gasteiger partial charge in [0, 0.05) is 19.0 Å². The van der Waals surface area contributed by atoms with Crippen molar-refractivity contribution in [2.24, 2.45) is 10.7 Å². The van der Waals surface area contributed by atoms with Gasteiger partial charge >= 0.3 is 0 Å². The molecule has 0 heterocycles. The van der Waals surface area contributed by atoms with Crippen molar-refractivity contribution in [3.8, 4) is 0 Å². The molecule has 0 aromatic heterocycles. The summed E-state index contributed by atoms with van der Waals surface area (Å²) in [7, 11) is 0. The maximum absolute atomic E-state index is 11.5. The van der Waals surface area contributed by atoms with Crippen LogP contribution in [0.1, 0.15) is 32.3 Å². The van der Waals surface area contributed by atoms with Gasteiger partial charge in [0.1, 0.15) is 0 Å². The van der Waals surface area contributed by atoms with E-state index < -0.39 is 0 Å². The molecule has 4 N–H and O–H groups in total. The molecule has 110 valence electrons. The number of hydrogen-bond acceptors (Lipinski definition) is 2. The van der Waals surface area contributed by atoms with Crippen LogP contribution in [0.4, 0.5) is 0 Å². The van der Waals surface area contributed by atoms with Crippen LogP contribution in [0.15, 0.2) is 35.3 Å². The summed E-state index contributed by atoms with van der Waals surface area (Å²) in [5.74, 6) is 0.396. The van der Waals surface area contributed by atoms with E-state index in [1.807, 2.05) is 44.2 Å². The van der Waals surface area contributed by atoms with E-state index >= 15 is 0 Å². The minimum Gasteiger partial charge on any atom is -0.370 e. The van der Waals surface area contributed by atoms with Crippen molar-refractivity contribution in [3.63, 3.8) is 0 Å². The van der Waals surface area contributed by atoms with Crippen molar-refractivity contribution >= 4 is 11.9 Å². The van der Waals surface area contributed by atoms with Crippen molar-refractivity contribution in [2.45, 2.75) is 39.3 Å². The van der Waals surface area contributed by atoms with Crippen LogP contribution in [0, 0.1) is 0 Å². The van der Waals surface area contributed by atoms with Crippen LogP contribution in [-0.4, -0.2) is 24.5 Å². The summed E-state index contributed by atoms with van der Waals surface area (Å²) >= 11 is 0. The van der Waals surface area contributed by atoms with Gasteiger partial charge in [0.25, 0.3) is 0 Å². The van der Waals surface area contributed by atoms with E-state index in [2.05, 4.69) is 15.6 Å². The molecule has 0 spiro atoms. The molecule has 1 rings (SSSR count). The average molecular weight is 276 g/mol. The number of hydrogen-bond donors (Lipinski definition) is 3. The van der Waals surface area contributed by atoms with Gasteiger partial charge < -0.3 is 16.4 Å². The van der Waals surface area contributed by atoms with Gasteiger partial charge in [-0.05, 0) is 18.9 Å². The maximum Gasteiger partial charge on any atom is 0.221 e. The van der Waals surface area contributed by atoms with Crippen LogP contribution in [-0.2, 0) is 11.3 Å². The zero-order valence-electron chi connectivity index (χ0n) is 12.2. The third-order valence-electron chi connectivity index (χ3n) is 2.95. The number of benzene rings is 1. The van der Waals surface area contributed by atoms with Crippen LogP contribution < -0.4 is 16.4 Å². The van der Waals surface area contributed by atoms with Crippen LogP contribution in [0.2, 0.25) is 0 Å². The number of amides is 1. The Balaban J connectivity index is 2.22. The fourth-order valence-corrected chi connectivity index (χ4v) is 1.57. The standard InChI is InChI=1S/C15H24N4O/c1-3-12(2)19-14(20)9-10-17-15(16)18-11-13-7-5-4-6-8-13/h4-8,12H,3,9-11H2,1-2H3,(H,19,20)(H3,16,17,18)/t12-/m1/s1. The number of guanidine groups is 1. The van der Waals surface area contributed by atoms with Crippen molar-refractivity contribution < 1.29 is 4.79 Å². The number of carbonyl (C=O) groups is 1. The Morgan fingerprint density at radius 1 is 1.35 bits per heavy atom. The summed E-state index contributed by atoms with van der Waals surface area (Å²) in [6.07, 6.45) is 1.33. The molecule has 0 aliphatic carbocycles. The molecule has 1 amide bonds. The zero-order chi connectivity index (χ0) is 14.8. The second-order valence-electron chi connectivity index (χ2n) is 4.74. The van der Waals surface area contributed by atoms with Gasteiger partial charge in [0.2, 0.25) is 5.91 Å². The number of nitrogens with one attached hydrogen (secondary N) is 2. The smallest absolute Gasteiger partial charge is 0.221 e. The Kier molecular flexibility index (Phi) is 7.17. The van der Waals surface area contributed by atoms with Crippen molar-refractivity contribution in [1.29, 1.82) is 0 Å². The monoisotopic (exact) mass is 276 g/mol. The van der Waals surface area contributed by atoms with Gasteiger partial charge in [-0.25, -0.2) is 4.99 Å². The maximum atomic E-state index is 11.5. The zero-order valence-corrected chi connectivity index (χ0v) is 12.2. The van der Waals surface area contributed by atoms with Crippen LogP contribution in [0.25, 0.3) is 0 Å². The van der Waals surface area contributed by atoms with Crippen LogP contribution in [0.3, 0.4) is 0 Å². The summed E-state index contributed by atoms with van der Waals surface area (Å²) in [4.78, 5) is 15.8. The summed E-state index contributed by atoms with van der Waals surface area (Å²) < 4.78 is 0. The first kappa shape index (κ1) is 16.0. The molecule has 0 fully saturated rings. The highest BCUT2D eigenvalue weighted by atomic mass is 16.1. The van der Waals surface area contributed by atoms with Gasteiger partial charge in [-0.15, -0.1) is 0 Å². The Bertz CT molecular complexity index is 431. The van der Waals surface area contributed by atoms with E-state index in [4.69, 9.17) is 5.73 Å². The highest BCUT2D eigenvalue weighted by Gasteiger charge is 2.04. The molecule has 20 heavy (non-hydrogen) atoms. The molecule has 0 saturated heterocycles. The second-order valence-corrected chi connectivity index (χ2v) is 4.74. The lowest BCUT2D eigenvalue weighted by Gasteiger charge is -2.11. The normalized spacial score (nSPS) is 12.8. The average Bonchev–Trinajstić information content (AvgIpc) is 2.46. The van der Waals surface area contributed by atoms with E-state index in [-0.39, 0.29) is 11.9 Å². The quantitative estimate of drug-likeness (QED) is 0.520. The minimum absolute atomic E-state index is 0.0303. The third kappa shape index (κ3) is 6.78. The molecular weight excluding hydrogens is 252 g/mol. The molecule has 1 aromatic carbocycles. The second kappa shape index (κ2) is 8.96. The molecule has 0 aliphatic rings. The Morgan fingerprint density at radius 2 is 2.05 bits per heavy atom. The molecule has 1 atom stereocenters. The molecule has 5 nitrogen and oxygen atoms in total. The predicted molar refractivity (Wildman–Crippen MR) is 82.3 cm³/mol. The summed E-state index contributed by atoms with van der Waals surface area (Å²) in [5.41, 5.74) is 6.85. The molecule has 1 aromatic rings. The van der Waals surface area contributed by atoms with E-state index in [0.29, 0.717) is 25.5 Å². The fourth-order valence-electron chi connectivity index (χ4n) is 1.57. The number of rotatable bonds is 7. The Labute approximate surface area is 120 Å². The molecule has 0 unspecified atom stereocenters. The summed E-state index contributed by atoms with van der Waals surface area (Å²) in [6, 6.07) is 10.1. The van der Waals surface area contributed by atoms with Crippen LogP contribution >= 0.6 is 0 Å². The molecular formula is C15H24N4O. The number of carbonyl (C=O) groups excluding carboxylic acids is 1. The third-order valence-corrected chi connectivity index (χ3v) is 2.95. The number of nitrogens with zero attached hydrogens (tertiary/aromatic N) is 1. The first-order chi connectivity index (χ1) is 9.61. The SMILES string of the molecule is CC[C@@H](C)NC(=O)CCNC(N)=NCc1ccccc1. The van der Waals surface area contributed by atoms with Crippen LogP contribution in [0.5, 0.6) is 0 Å². The Hall–Kier alpha value is -2.04. The van der Waals surface area contributed by atoms with E-state index in [1.54, 1.807) is 0 Å². The van der Waals surface area contributed by atoms with Crippen molar-refractivity contribution in [3.05, 3.63) is 35.9 Å². The summed E-state index contributed by atoms with van der Waals surface area (Å²) in [5, 5.41) is 5.84. The van der Waals surface area contributed by atoms with Gasteiger partial charge in [-0.3, -0.25) is 4.79 Å². The fraction of sp³-hybridized carbons (Fsp3) is 0.467. The van der Waals surface area contributed by atoms with Crippen molar-refractivity contribution in [1.82, 2.24) is 10.6 Å². The van der Waals surface area contributed by atoms with Crippen molar-refractivity contribution in [2.75, 3.05) is 6.54 Å². The highest BCUT2D eigenvalue weighted by molar-refractivity contribution is 5.80. The number of nitrogens with two attached hydrogens (primary N) is 1. The molecule has 0 radical (unpaired) electrons. The van der Waals surface area contributed by atoms with E-state index in [1.165, 1.54) is 0 Å². The van der Waals surface area contributed by atoms with Gasteiger partial charge in [-0.1, -0.05) is 37.3 Å². The van der Waals surface area contributed by atoms with E-state index in [0.717, 1.165) is 12.0 Å². The predicted octanol–water partition coefficient (Wildman–Crippen LogP) is 1.40. The molecule has 0 saturated carbocycles. The molecule has 0 bridgehead atoms. The first-order valence-electron chi connectivity index (χ1n) is 6.99. The summed E-state index contributed by atoms with van der Waals surface area (Å²) in [6.45, 7) is 5.06. The largest absolute Gasteiger partial charge is 0.370 e. The molecule has 5 heteroatoms. The topological polar surface area (TPSA) is 79.5 Å². The lowest BCUT2D eigenvalue weighted by Crippen LogP contribution is -2.37. The lowest BCUT2D eigenvalue weighted by molar-refractivity contribution is -0.121.